The molecule has 114 valence electrons. The Morgan fingerprint density at radius 3 is 2.48 bits per heavy atom. The van der Waals surface area contributed by atoms with Crippen LogP contribution in [0.25, 0.3) is 0 Å². The van der Waals surface area contributed by atoms with E-state index in [2.05, 4.69) is 4.98 Å². The first-order valence-corrected chi connectivity index (χ1v) is 7.98. The average molecular weight is 358 g/mol. The molecule has 2 aromatic rings. The maximum Gasteiger partial charge on any atom is 0.417 e. The van der Waals surface area contributed by atoms with Gasteiger partial charge in [-0.15, -0.1) is 11.3 Å². The van der Waals surface area contributed by atoms with Gasteiger partial charge in [0.15, 0.2) is 0 Å². The summed E-state index contributed by atoms with van der Waals surface area (Å²) in [7, 11) is -4.29. The summed E-state index contributed by atoms with van der Waals surface area (Å²) in [5.41, 5.74) is -0.769. The van der Waals surface area contributed by atoms with Gasteiger partial charge >= 0.3 is 16.3 Å². The third-order valence-electron chi connectivity index (χ3n) is 2.48. The van der Waals surface area contributed by atoms with Crippen LogP contribution in [0.3, 0.4) is 0 Å². The van der Waals surface area contributed by atoms with Gasteiger partial charge in [0.2, 0.25) is 0 Å². The maximum atomic E-state index is 12.5. The van der Waals surface area contributed by atoms with E-state index in [1.165, 1.54) is 12.1 Å². The van der Waals surface area contributed by atoms with Gasteiger partial charge in [0, 0.05) is 17.5 Å². The normalized spacial score (nSPS) is 12.6. The first-order valence-electron chi connectivity index (χ1n) is 5.35. The minimum atomic E-state index is -4.53. The van der Waals surface area contributed by atoms with Crippen LogP contribution in [-0.2, 0) is 22.7 Å². The molecule has 0 spiro atoms. The van der Waals surface area contributed by atoms with Crippen molar-refractivity contribution in [3.63, 3.8) is 0 Å². The molecule has 0 aliphatic heterocycles. The molecule has 0 aromatic carbocycles. The van der Waals surface area contributed by atoms with E-state index in [9.17, 15) is 21.6 Å². The molecule has 0 radical (unpaired) electrons. The summed E-state index contributed by atoms with van der Waals surface area (Å²) in [6, 6.07) is 3.40. The maximum absolute atomic E-state index is 12.5. The summed E-state index contributed by atoms with van der Waals surface area (Å²) in [5.74, 6) is 0. The van der Waals surface area contributed by atoms with Gasteiger partial charge in [-0.05, 0) is 18.2 Å². The van der Waals surface area contributed by atoms with Gasteiger partial charge in [-0.1, -0.05) is 11.6 Å². The number of hydrogen-bond acceptors (Lipinski definition) is 4. The molecule has 0 amide bonds. The number of pyridine rings is 1. The average Bonchev–Trinajstić information content (AvgIpc) is 2.78. The van der Waals surface area contributed by atoms with Gasteiger partial charge in [-0.2, -0.15) is 21.6 Å². The third-order valence-corrected chi connectivity index (χ3v) is 5.21. The second kappa shape index (κ2) is 5.56. The van der Waals surface area contributed by atoms with Gasteiger partial charge in [0.05, 0.1) is 16.3 Å². The fourth-order valence-corrected chi connectivity index (χ4v) is 3.46. The lowest BCUT2D eigenvalue weighted by atomic mass is 10.2. The zero-order valence-corrected chi connectivity index (χ0v) is 12.4. The first kappa shape index (κ1) is 16.2. The zero-order chi connectivity index (χ0) is 15.8. The molecule has 2 heterocycles. The van der Waals surface area contributed by atoms with Crippen molar-refractivity contribution in [2.75, 3.05) is 0 Å². The van der Waals surface area contributed by atoms with E-state index in [1.54, 1.807) is 0 Å². The number of aromatic nitrogens is 1. The van der Waals surface area contributed by atoms with Crippen molar-refractivity contribution in [3.8, 4) is 0 Å². The van der Waals surface area contributed by atoms with Gasteiger partial charge < -0.3 is 0 Å². The SMILES string of the molecule is O=S(=O)(O)c1ccc(Cc2ncc(C(F)(F)F)cc2Cl)s1. The smallest absolute Gasteiger partial charge is 0.281 e. The van der Waals surface area contributed by atoms with Crippen LogP contribution in [0.1, 0.15) is 16.1 Å². The number of rotatable bonds is 3. The monoisotopic (exact) mass is 357 g/mol. The van der Waals surface area contributed by atoms with Crippen LogP contribution in [0.2, 0.25) is 5.02 Å². The highest BCUT2D eigenvalue weighted by Gasteiger charge is 2.31. The highest BCUT2D eigenvalue weighted by atomic mass is 35.5. The van der Waals surface area contributed by atoms with Crippen LogP contribution >= 0.6 is 22.9 Å². The van der Waals surface area contributed by atoms with Crippen molar-refractivity contribution < 1.29 is 26.1 Å². The molecule has 0 atom stereocenters. The Hall–Kier alpha value is -1.16. The lowest BCUT2D eigenvalue weighted by molar-refractivity contribution is -0.137. The number of nitrogens with zero attached hydrogens (tertiary/aromatic N) is 1. The Kier molecular flexibility index (Phi) is 4.29. The van der Waals surface area contributed by atoms with Crippen molar-refractivity contribution in [2.24, 2.45) is 0 Å². The Labute approximate surface area is 127 Å². The molecule has 0 bridgehead atoms. The lowest BCUT2D eigenvalue weighted by Crippen LogP contribution is -2.06. The van der Waals surface area contributed by atoms with Crippen molar-refractivity contribution in [2.45, 2.75) is 16.8 Å². The van der Waals surface area contributed by atoms with Crippen LogP contribution in [0, 0.1) is 0 Å². The summed E-state index contributed by atoms with van der Waals surface area (Å²) in [4.78, 5) is 4.15. The van der Waals surface area contributed by atoms with Crippen molar-refractivity contribution >= 4 is 33.1 Å². The predicted octanol–water partition coefficient (Wildman–Crippen LogP) is 3.65. The van der Waals surface area contributed by atoms with Gasteiger partial charge in [-0.3, -0.25) is 9.54 Å². The molecule has 0 aliphatic carbocycles. The van der Waals surface area contributed by atoms with Gasteiger partial charge in [0.25, 0.3) is 0 Å². The number of hydrogen-bond donors (Lipinski definition) is 1. The number of halogens is 4. The molecule has 0 aliphatic rings. The van der Waals surface area contributed by atoms with Crippen molar-refractivity contribution in [1.82, 2.24) is 4.98 Å². The van der Waals surface area contributed by atoms with E-state index in [0.29, 0.717) is 11.1 Å². The van der Waals surface area contributed by atoms with Crippen LogP contribution in [-0.4, -0.2) is 18.0 Å². The molecular weight excluding hydrogens is 351 g/mol. The summed E-state index contributed by atoms with van der Waals surface area (Å²) in [6.45, 7) is 0. The Morgan fingerprint density at radius 2 is 2.00 bits per heavy atom. The van der Waals surface area contributed by atoms with Crippen LogP contribution in [0.4, 0.5) is 13.2 Å². The molecule has 1 N–H and O–H groups in total. The second-order valence-corrected chi connectivity index (χ2v) is 7.25. The lowest BCUT2D eigenvalue weighted by Gasteiger charge is -2.08. The standard InChI is InChI=1S/C11H7ClF3NO3S2/c12-8-3-6(11(13,14)15)5-16-9(8)4-7-1-2-10(20-7)21(17,18)19/h1-3,5H,4H2,(H,17,18,19). The van der Waals surface area contributed by atoms with E-state index < -0.39 is 21.9 Å². The van der Waals surface area contributed by atoms with E-state index >= 15 is 0 Å². The fourth-order valence-electron chi connectivity index (χ4n) is 1.51. The van der Waals surface area contributed by atoms with Crippen LogP contribution < -0.4 is 0 Å². The largest absolute Gasteiger partial charge is 0.417 e. The summed E-state index contributed by atoms with van der Waals surface area (Å²) in [5, 5.41) is -0.161. The number of alkyl halides is 3. The number of thiophene rings is 1. The first-order chi connectivity index (χ1) is 9.57. The predicted molar refractivity (Wildman–Crippen MR) is 71.2 cm³/mol. The van der Waals surface area contributed by atoms with E-state index in [0.717, 1.165) is 17.4 Å². The van der Waals surface area contributed by atoms with Gasteiger partial charge in [-0.25, -0.2) is 0 Å². The zero-order valence-electron chi connectivity index (χ0n) is 10.1. The minimum absolute atomic E-state index is 0.0666. The molecule has 0 saturated carbocycles. The Morgan fingerprint density at radius 1 is 1.33 bits per heavy atom. The minimum Gasteiger partial charge on any atom is -0.281 e. The topological polar surface area (TPSA) is 67.3 Å². The Bertz CT molecular complexity index is 771. The van der Waals surface area contributed by atoms with E-state index in [4.69, 9.17) is 16.2 Å². The molecule has 0 fully saturated rings. The van der Waals surface area contributed by atoms with E-state index in [1.807, 2.05) is 0 Å². The molecule has 21 heavy (non-hydrogen) atoms. The second-order valence-electron chi connectivity index (χ2n) is 4.02. The van der Waals surface area contributed by atoms with Crippen molar-refractivity contribution in [1.29, 1.82) is 0 Å². The third kappa shape index (κ3) is 3.94. The van der Waals surface area contributed by atoms with E-state index in [-0.39, 0.29) is 21.3 Å². The quantitative estimate of drug-likeness (QED) is 0.851. The molecule has 2 aromatic heterocycles. The molecule has 0 unspecified atom stereocenters. The van der Waals surface area contributed by atoms with Crippen LogP contribution in [0.5, 0.6) is 0 Å². The summed E-state index contributed by atoms with van der Waals surface area (Å²) >= 11 is 6.55. The molecule has 10 heteroatoms. The Balaban J connectivity index is 2.27. The van der Waals surface area contributed by atoms with Gasteiger partial charge in [0.1, 0.15) is 4.21 Å². The van der Waals surface area contributed by atoms with Crippen molar-refractivity contribution in [3.05, 3.63) is 45.6 Å². The molecule has 4 nitrogen and oxygen atoms in total. The molecule has 0 saturated heterocycles. The molecular formula is C11H7ClF3NO3S2. The van der Waals surface area contributed by atoms with Crippen LogP contribution in [0.15, 0.2) is 28.6 Å². The molecule has 2 rings (SSSR count). The highest BCUT2D eigenvalue weighted by molar-refractivity contribution is 7.88. The fraction of sp³-hybridized carbons (Fsp3) is 0.182. The summed E-state index contributed by atoms with van der Waals surface area (Å²) < 4.78 is 67.9. The summed E-state index contributed by atoms with van der Waals surface area (Å²) in [6.07, 6.45) is -3.80. The highest BCUT2D eigenvalue weighted by Crippen LogP contribution is 2.32.